The number of H-pyrrole nitrogens is 1. The van der Waals surface area contributed by atoms with Crippen molar-refractivity contribution < 1.29 is 14.7 Å². The number of carboxylic acids is 1. The van der Waals surface area contributed by atoms with Crippen LogP contribution in [-0.4, -0.2) is 38.2 Å². The minimum atomic E-state index is -1.09. The number of aryl methyl sites for hydroxylation is 2. The van der Waals surface area contributed by atoms with Gasteiger partial charge in [0, 0.05) is 11.3 Å². The number of carbonyl (C=O) groups excluding carboxylic acids is 1. The number of carbonyl (C=O) groups is 2. The summed E-state index contributed by atoms with van der Waals surface area (Å²) in [6.07, 6.45) is 0. The van der Waals surface area contributed by atoms with E-state index in [0.717, 1.165) is 0 Å². The minimum absolute atomic E-state index is 0.247. The van der Waals surface area contributed by atoms with Crippen molar-refractivity contribution in [3.05, 3.63) is 17.0 Å². The Labute approximate surface area is 116 Å². The van der Waals surface area contributed by atoms with Gasteiger partial charge < -0.3 is 10.4 Å². The van der Waals surface area contributed by atoms with E-state index in [2.05, 4.69) is 15.5 Å². The molecule has 106 valence electrons. The summed E-state index contributed by atoms with van der Waals surface area (Å²) in [6.45, 7) is 7.41. The van der Waals surface area contributed by atoms with Crippen LogP contribution in [0.15, 0.2) is 0 Å². The predicted octanol–water partition coefficient (Wildman–Crippen LogP) is 1.41. The second-order valence-corrected chi connectivity index (χ2v) is 6.11. The maximum absolute atomic E-state index is 11.8. The van der Waals surface area contributed by atoms with Crippen LogP contribution < -0.4 is 5.32 Å². The van der Waals surface area contributed by atoms with Crippen LogP contribution in [0.2, 0.25) is 0 Å². The molecule has 0 unspecified atom stereocenters. The zero-order chi connectivity index (χ0) is 14.6. The Balaban J connectivity index is 2.80. The summed E-state index contributed by atoms with van der Waals surface area (Å²) in [5.41, 5.74) is 1.76. The molecule has 0 bridgehead atoms. The van der Waals surface area contributed by atoms with Gasteiger partial charge in [0.2, 0.25) is 5.91 Å². The topological polar surface area (TPSA) is 95.1 Å². The van der Waals surface area contributed by atoms with Crippen LogP contribution in [0.25, 0.3) is 0 Å². The summed E-state index contributed by atoms with van der Waals surface area (Å²) in [5.74, 6) is -1.13. The van der Waals surface area contributed by atoms with Crippen LogP contribution in [0.4, 0.5) is 0 Å². The van der Waals surface area contributed by atoms with E-state index >= 15 is 0 Å². The fourth-order valence-electron chi connectivity index (χ4n) is 1.69. The Morgan fingerprint density at radius 1 is 1.42 bits per heavy atom. The lowest BCUT2D eigenvalue weighted by atomic mass is 10.1. The Morgan fingerprint density at radius 3 is 2.47 bits per heavy atom. The van der Waals surface area contributed by atoms with Crippen LogP contribution in [0.3, 0.4) is 0 Å². The Kier molecular flexibility index (Phi) is 5.41. The fourth-order valence-corrected chi connectivity index (χ4v) is 2.26. The zero-order valence-corrected chi connectivity index (χ0v) is 12.3. The van der Waals surface area contributed by atoms with Gasteiger partial charge >= 0.3 is 5.97 Å². The molecule has 6 nitrogen and oxygen atoms in total. The van der Waals surface area contributed by atoms with E-state index in [9.17, 15) is 14.7 Å². The second-order valence-electron chi connectivity index (χ2n) is 4.55. The summed E-state index contributed by atoms with van der Waals surface area (Å²) in [6, 6.07) is -1.06. The maximum Gasteiger partial charge on any atom is 0.331 e. The van der Waals surface area contributed by atoms with E-state index in [1.54, 1.807) is 13.8 Å². The first-order chi connectivity index (χ1) is 8.82. The lowest BCUT2D eigenvalue weighted by molar-refractivity contribution is -0.141. The highest BCUT2D eigenvalue weighted by Crippen LogP contribution is 2.20. The van der Waals surface area contributed by atoms with Crippen LogP contribution in [0, 0.1) is 13.8 Å². The molecule has 19 heavy (non-hydrogen) atoms. The molecule has 0 fully saturated rings. The van der Waals surface area contributed by atoms with E-state index in [1.165, 1.54) is 11.8 Å². The number of hydrogen-bond donors (Lipinski definition) is 3. The number of amides is 1. The van der Waals surface area contributed by atoms with Crippen molar-refractivity contribution >= 4 is 23.6 Å². The third-order valence-electron chi connectivity index (χ3n) is 2.57. The number of hydrogen-bond acceptors (Lipinski definition) is 4. The average molecular weight is 285 g/mol. The summed E-state index contributed by atoms with van der Waals surface area (Å²) >= 11 is 1.47. The van der Waals surface area contributed by atoms with Gasteiger partial charge in [-0.05, 0) is 19.1 Å². The van der Waals surface area contributed by atoms with Gasteiger partial charge in [-0.1, -0.05) is 13.8 Å². The number of rotatable bonds is 6. The predicted molar refractivity (Wildman–Crippen MR) is 74.2 cm³/mol. The smallest absolute Gasteiger partial charge is 0.331 e. The van der Waals surface area contributed by atoms with Gasteiger partial charge in [-0.15, -0.1) is 11.8 Å². The van der Waals surface area contributed by atoms with Crippen molar-refractivity contribution in [1.82, 2.24) is 15.5 Å². The van der Waals surface area contributed by atoms with Crippen molar-refractivity contribution in [2.75, 3.05) is 5.75 Å². The minimum Gasteiger partial charge on any atom is -0.479 e. The molecular weight excluding hydrogens is 266 g/mol. The summed E-state index contributed by atoms with van der Waals surface area (Å²) in [5, 5.41) is 18.8. The van der Waals surface area contributed by atoms with Crippen LogP contribution in [0.5, 0.6) is 0 Å². The molecule has 0 saturated carbocycles. The third kappa shape index (κ3) is 4.27. The Hall–Kier alpha value is -1.50. The molecule has 1 atom stereocenters. The molecule has 0 spiro atoms. The average Bonchev–Trinajstić information content (AvgIpc) is 2.63. The van der Waals surface area contributed by atoms with Gasteiger partial charge in [-0.2, -0.15) is 5.10 Å². The lowest BCUT2D eigenvalue weighted by Gasteiger charge is -2.15. The third-order valence-corrected chi connectivity index (χ3v) is 3.67. The molecule has 1 aromatic rings. The molecule has 0 aliphatic heterocycles. The van der Waals surface area contributed by atoms with E-state index < -0.39 is 12.0 Å². The number of aromatic nitrogens is 2. The zero-order valence-electron chi connectivity index (χ0n) is 11.5. The maximum atomic E-state index is 11.8. The Morgan fingerprint density at radius 2 is 2.05 bits per heavy atom. The van der Waals surface area contributed by atoms with Crippen LogP contribution >= 0.6 is 11.8 Å². The summed E-state index contributed by atoms with van der Waals surface area (Å²) in [7, 11) is 0. The van der Waals surface area contributed by atoms with Crippen molar-refractivity contribution in [3.8, 4) is 0 Å². The van der Waals surface area contributed by atoms with E-state index in [0.29, 0.717) is 22.2 Å². The van der Waals surface area contributed by atoms with Crippen molar-refractivity contribution in [2.45, 2.75) is 39.0 Å². The number of aromatic amines is 1. The monoisotopic (exact) mass is 285 g/mol. The molecule has 7 heteroatoms. The molecule has 1 rings (SSSR count). The molecule has 0 aromatic carbocycles. The molecular formula is C12H19N3O3S. The van der Waals surface area contributed by atoms with E-state index in [-0.39, 0.29) is 11.7 Å². The van der Waals surface area contributed by atoms with Crippen LogP contribution in [0.1, 0.15) is 36.8 Å². The molecule has 0 saturated heterocycles. The van der Waals surface area contributed by atoms with Crippen LogP contribution in [-0.2, 0) is 9.59 Å². The van der Waals surface area contributed by atoms with E-state index in [4.69, 9.17) is 0 Å². The molecule has 1 heterocycles. The SMILES string of the molecule is Cc1n[nH]c(C)c1[C@H](NC(=O)CSC(C)C)C(=O)O. The normalized spacial score (nSPS) is 12.5. The molecule has 1 aromatic heterocycles. The highest BCUT2D eigenvalue weighted by Gasteiger charge is 2.27. The van der Waals surface area contributed by atoms with Crippen molar-refractivity contribution in [1.29, 1.82) is 0 Å². The Bertz CT molecular complexity index is 451. The molecule has 0 radical (unpaired) electrons. The van der Waals surface area contributed by atoms with Gasteiger partial charge in [0.15, 0.2) is 6.04 Å². The van der Waals surface area contributed by atoms with Crippen molar-refractivity contribution in [3.63, 3.8) is 0 Å². The van der Waals surface area contributed by atoms with Gasteiger partial charge in [-0.25, -0.2) is 4.79 Å². The lowest BCUT2D eigenvalue weighted by Crippen LogP contribution is -2.35. The second kappa shape index (κ2) is 6.60. The molecule has 0 aliphatic rings. The molecule has 3 N–H and O–H groups in total. The molecule has 0 aliphatic carbocycles. The van der Waals surface area contributed by atoms with Gasteiger partial charge in [0.1, 0.15) is 0 Å². The summed E-state index contributed by atoms with van der Waals surface area (Å²) in [4.78, 5) is 23.1. The number of thioether (sulfide) groups is 1. The molecule has 1 amide bonds. The summed E-state index contributed by atoms with van der Waals surface area (Å²) < 4.78 is 0. The number of carboxylic acid groups (broad SMARTS) is 1. The largest absolute Gasteiger partial charge is 0.479 e. The first-order valence-electron chi connectivity index (χ1n) is 5.98. The highest BCUT2D eigenvalue weighted by atomic mass is 32.2. The highest BCUT2D eigenvalue weighted by molar-refractivity contribution is 8.00. The number of nitrogens with zero attached hydrogens (tertiary/aromatic N) is 1. The van der Waals surface area contributed by atoms with E-state index in [1.807, 2.05) is 13.8 Å². The van der Waals surface area contributed by atoms with Crippen molar-refractivity contribution in [2.24, 2.45) is 0 Å². The van der Waals surface area contributed by atoms with Gasteiger partial charge in [0.25, 0.3) is 0 Å². The quantitative estimate of drug-likeness (QED) is 0.734. The number of aliphatic carboxylic acids is 1. The number of nitrogens with one attached hydrogen (secondary N) is 2. The first-order valence-corrected chi connectivity index (χ1v) is 7.03. The fraction of sp³-hybridized carbons (Fsp3) is 0.583. The van der Waals surface area contributed by atoms with Gasteiger partial charge in [-0.3, -0.25) is 9.89 Å². The standard InChI is InChI=1S/C12H19N3O3S/c1-6(2)19-5-9(16)13-11(12(17)18)10-7(3)14-15-8(10)4/h6,11H,5H2,1-4H3,(H,13,16)(H,14,15)(H,17,18)/t11-/m0/s1. The van der Waals surface area contributed by atoms with Gasteiger partial charge in [0.05, 0.1) is 11.4 Å². The first kappa shape index (κ1) is 15.6.